The van der Waals surface area contributed by atoms with E-state index >= 15 is 0 Å². The van der Waals surface area contributed by atoms with E-state index < -0.39 is 11.6 Å². The van der Waals surface area contributed by atoms with Gasteiger partial charge in [0.2, 0.25) is 0 Å². The van der Waals surface area contributed by atoms with Gasteiger partial charge in [0.1, 0.15) is 18.1 Å². The topological polar surface area (TPSA) is 34.0 Å². The third kappa shape index (κ3) is 3.99. The van der Waals surface area contributed by atoms with Crippen LogP contribution in [0.1, 0.15) is 15.9 Å². The smallest absolute Gasteiger partial charge is 0.254 e. The van der Waals surface area contributed by atoms with E-state index in [0.717, 1.165) is 17.7 Å². The fourth-order valence-electron chi connectivity index (χ4n) is 3.17. The van der Waals surface area contributed by atoms with Crippen LogP contribution >= 0.6 is 0 Å². The van der Waals surface area contributed by atoms with Crippen LogP contribution in [0.4, 0.5) is 13.2 Å². The standard InChI is InChI=1S/C19H19F3N2O2/c1-26-18-5-3-15(20)10-14(18)12-23-6-8-24(9-7-23)19(25)13-2-4-16(21)17(22)11-13/h2-5,10-11H,6-9,12H2,1H3/p+1. The number of carbonyl (C=O) groups excluding carboxylic acids is 1. The van der Waals surface area contributed by atoms with E-state index in [-0.39, 0.29) is 17.3 Å². The molecule has 0 unspecified atom stereocenters. The largest absolute Gasteiger partial charge is 0.496 e. The molecule has 1 aliphatic rings. The zero-order chi connectivity index (χ0) is 18.7. The van der Waals surface area contributed by atoms with Crippen LogP contribution in [0.25, 0.3) is 0 Å². The molecule has 1 aliphatic heterocycles. The summed E-state index contributed by atoms with van der Waals surface area (Å²) in [5.74, 6) is -1.99. The number of methoxy groups -OCH3 is 1. The SMILES string of the molecule is COc1ccc(F)cc1C[NH+]1CCN(C(=O)c2ccc(F)c(F)c2)CC1. The van der Waals surface area contributed by atoms with Gasteiger partial charge >= 0.3 is 0 Å². The molecular weight excluding hydrogens is 345 g/mol. The monoisotopic (exact) mass is 365 g/mol. The van der Waals surface area contributed by atoms with Gasteiger partial charge in [0, 0.05) is 5.56 Å². The Bertz CT molecular complexity index is 805. The number of hydrogen-bond acceptors (Lipinski definition) is 2. The molecule has 0 bridgehead atoms. The highest BCUT2D eigenvalue weighted by Crippen LogP contribution is 2.18. The minimum Gasteiger partial charge on any atom is -0.496 e. The average molecular weight is 365 g/mol. The number of benzene rings is 2. The molecule has 3 rings (SSSR count). The first-order valence-corrected chi connectivity index (χ1v) is 8.38. The van der Waals surface area contributed by atoms with Crippen molar-refractivity contribution in [3.8, 4) is 5.75 Å². The Morgan fingerprint density at radius 3 is 2.46 bits per heavy atom. The summed E-state index contributed by atoms with van der Waals surface area (Å²) in [6.45, 7) is 2.92. The van der Waals surface area contributed by atoms with Gasteiger partial charge in [0.25, 0.3) is 5.91 Å². The molecule has 1 N–H and O–H groups in total. The quantitative estimate of drug-likeness (QED) is 0.894. The van der Waals surface area contributed by atoms with Crippen molar-refractivity contribution in [3.05, 3.63) is 65.0 Å². The van der Waals surface area contributed by atoms with Gasteiger partial charge in [-0.3, -0.25) is 4.79 Å². The molecule has 0 saturated carbocycles. The molecule has 1 saturated heterocycles. The third-order valence-electron chi connectivity index (χ3n) is 4.61. The summed E-state index contributed by atoms with van der Waals surface area (Å²) in [5.41, 5.74) is 0.919. The number of ether oxygens (including phenoxy) is 1. The number of quaternary nitrogens is 1. The summed E-state index contributed by atoms with van der Waals surface area (Å²) >= 11 is 0. The Hall–Kier alpha value is -2.54. The molecule has 7 heteroatoms. The Balaban J connectivity index is 1.61. The first kappa shape index (κ1) is 18.3. The van der Waals surface area contributed by atoms with Gasteiger partial charge < -0.3 is 14.5 Å². The summed E-state index contributed by atoms with van der Waals surface area (Å²) < 4.78 is 45.1. The van der Waals surface area contributed by atoms with Crippen molar-refractivity contribution in [2.75, 3.05) is 33.3 Å². The highest BCUT2D eigenvalue weighted by molar-refractivity contribution is 5.94. The van der Waals surface area contributed by atoms with E-state index in [1.54, 1.807) is 18.1 Å². The van der Waals surface area contributed by atoms with E-state index in [1.807, 2.05) is 0 Å². The summed E-state index contributed by atoms with van der Waals surface area (Å²) in [7, 11) is 1.55. The van der Waals surface area contributed by atoms with Gasteiger partial charge in [0.05, 0.1) is 38.9 Å². The van der Waals surface area contributed by atoms with E-state index in [4.69, 9.17) is 4.74 Å². The number of nitrogens with one attached hydrogen (secondary N) is 1. The minimum atomic E-state index is -1.03. The molecule has 0 atom stereocenters. The molecule has 1 fully saturated rings. The van der Waals surface area contributed by atoms with Gasteiger partial charge in [-0.05, 0) is 36.4 Å². The number of amides is 1. The molecule has 0 aliphatic carbocycles. The van der Waals surface area contributed by atoms with Crippen LogP contribution in [-0.4, -0.2) is 44.1 Å². The molecule has 0 spiro atoms. The van der Waals surface area contributed by atoms with Gasteiger partial charge in [-0.25, -0.2) is 13.2 Å². The van der Waals surface area contributed by atoms with Crippen LogP contribution < -0.4 is 9.64 Å². The molecule has 1 amide bonds. The summed E-state index contributed by atoms with van der Waals surface area (Å²) in [5, 5.41) is 0. The number of hydrogen-bond donors (Lipinski definition) is 1. The third-order valence-corrected chi connectivity index (χ3v) is 4.61. The minimum absolute atomic E-state index is 0.138. The van der Waals surface area contributed by atoms with Crippen molar-refractivity contribution >= 4 is 5.91 Å². The van der Waals surface area contributed by atoms with E-state index in [0.29, 0.717) is 38.5 Å². The Morgan fingerprint density at radius 1 is 1.08 bits per heavy atom. The first-order chi connectivity index (χ1) is 12.5. The number of carbonyl (C=O) groups is 1. The Labute approximate surface area is 149 Å². The molecule has 0 aromatic heterocycles. The van der Waals surface area contributed by atoms with Crippen molar-refractivity contribution in [2.45, 2.75) is 6.54 Å². The lowest BCUT2D eigenvalue weighted by molar-refractivity contribution is -0.917. The Morgan fingerprint density at radius 2 is 1.81 bits per heavy atom. The maximum Gasteiger partial charge on any atom is 0.254 e. The van der Waals surface area contributed by atoms with Crippen LogP contribution in [0, 0.1) is 17.5 Å². The van der Waals surface area contributed by atoms with Crippen LogP contribution in [0.3, 0.4) is 0 Å². The van der Waals surface area contributed by atoms with Crippen LogP contribution in [0.5, 0.6) is 5.75 Å². The summed E-state index contributed by atoms with van der Waals surface area (Å²) in [6, 6.07) is 7.60. The second-order valence-electron chi connectivity index (χ2n) is 6.30. The van der Waals surface area contributed by atoms with Gasteiger partial charge in [-0.1, -0.05) is 0 Å². The van der Waals surface area contributed by atoms with E-state index in [1.165, 1.54) is 23.1 Å². The molecule has 138 valence electrons. The van der Waals surface area contributed by atoms with Crippen molar-refractivity contribution in [1.29, 1.82) is 0 Å². The van der Waals surface area contributed by atoms with Crippen LogP contribution in [0.15, 0.2) is 36.4 Å². The lowest BCUT2D eigenvalue weighted by Gasteiger charge is -2.32. The number of piperazine rings is 1. The predicted molar refractivity (Wildman–Crippen MR) is 89.6 cm³/mol. The van der Waals surface area contributed by atoms with Gasteiger partial charge in [-0.2, -0.15) is 0 Å². The molecule has 1 heterocycles. The second-order valence-corrected chi connectivity index (χ2v) is 6.30. The van der Waals surface area contributed by atoms with Gasteiger partial charge in [-0.15, -0.1) is 0 Å². The van der Waals surface area contributed by atoms with Crippen molar-refractivity contribution in [2.24, 2.45) is 0 Å². The maximum absolute atomic E-state index is 13.5. The first-order valence-electron chi connectivity index (χ1n) is 8.38. The molecular formula is C19H20F3N2O2+. The molecule has 26 heavy (non-hydrogen) atoms. The highest BCUT2D eigenvalue weighted by Gasteiger charge is 2.26. The van der Waals surface area contributed by atoms with Crippen LogP contribution in [0.2, 0.25) is 0 Å². The number of halogens is 3. The fourth-order valence-corrected chi connectivity index (χ4v) is 3.17. The zero-order valence-electron chi connectivity index (χ0n) is 14.4. The van der Waals surface area contributed by atoms with Gasteiger partial charge in [0.15, 0.2) is 11.6 Å². The van der Waals surface area contributed by atoms with Crippen LogP contribution in [-0.2, 0) is 6.54 Å². The van der Waals surface area contributed by atoms with Crippen molar-refractivity contribution < 1.29 is 27.6 Å². The molecule has 2 aromatic carbocycles. The Kier molecular flexibility index (Phi) is 5.46. The molecule has 4 nitrogen and oxygen atoms in total. The number of nitrogens with zero attached hydrogens (tertiary/aromatic N) is 1. The normalized spacial score (nSPS) is 15.2. The van der Waals surface area contributed by atoms with Crippen molar-refractivity contribution in [3.63, 3.8) is 0 Å². The zero-order valence-corrected chi connectivity index (χ0v) is 14.4. The van der Waals surface area contributed by atoms with Crippen molar-refractivity contribution in [1.82, 2.24) is 4.90 Å². The number of rotatable bonds is 4. The average Bonchev–Trinajstić information content (AvgIpc) is 2.64. The summed E-state index contributed by atoms with van der Waals surface area (Å²) in [6.07, 6.45) is 0. The lowest BCUT2D eigenvalue weighted by Crippen LogP contribution is -3.13. The maximum atomic E-state index is 13.5. The molecule has 2 aromatic rings. The van der Waals surface area contributed by atoms with E-state index in [2.05, 4.69) is 0 Å². The molecule has 0 radical (unpaired) electrons. The second kappa shape index (κ2) is 7.78. The lowest BCUT2D eigenvalue weighted by atomic mass is 10.1. The predicted octanol–water partition coefficient (Wildman–Crippen LogP) is 1.65. The highest BCUT2D eigenvalue weighted by atomic mass is 19.2. The van der Waals surface area contributed by atoms with E-state index in [9.17, 15) is 18.0 Å². The fraction of sp³-hybridized carbons (Fsp3) is 0.316. The summed E-state index contributed by atoms with van der Waals surface area (Å²) in [4.78, 5) is 15.3.